The van der Waals surface area contributed by atoms with Gasteiger partial charge in [-0.3, -0.25) is 0 Å². The number of hydrogen-bond acceptors (Lipinski definition) is 3. The zero-order valence-electron chi connectivity index (χ0n) is 13.3. The first-order valence-corrected chi connectivity index (χ1v) is 7.55. The van der Waals surface area contributed by atoms with Crippen molar-refractivity contribution < 1.29 is 28.1 Å². The molecule has 1 radical (unpaired) electrons. The maximum atomic E-state index is 14.2. The SMILES string of the molecule is O.OC1=C2CCc3cccc(F)c3N2[N]N1c1ccc(C(F)(F)F)cc1. The van der Waals surface area contributed by atoms with Gasteiger partial charge in [-0.2, -0.15) is 13.2 Å². The summed E-state index contributed by atoms with van der Waals surface area (Å²) >= 11 is 0. The number of rotatable bonds is 1. The summed E-state index contributed by atoms with van der Waals surface area (Å²) in [6.45, 7) is 0. The maximum absolute atomic E-state index is 14.2. The summed E-state index contributed by atoms with van der Waals surface area (Å²) in [5, 5.41) is 12.8. The van der Waals surface area contributed by atoms with Gasteiger partial charge in [0.2, 0.25) is 5.88 Å². The minimum absolute atomic E-state index is 0. The molecule has 2 aromatic rings. The van der Waals surface area contributed by atoms with Crippen molar-refractivity contribution in [3.8, 4) is 0 Å². The molecule has 3 N–H and O–H groups in total. The van der Waals surface area contributed by atoms with E-state index >= 15 is 0 Å². The molecule has 0 spiro atoms. The van der Waals surface area contributed by atoms with Crippen LogP contribution in [0.25, 0.3) is 0 Å². The van der Waals surface area contributed by atoms with Gasteiger partial charge in [0.15, 0.2) is 0 Å². The van der Waals surface area contributed by atoms with Gasteiger partial charge >= 0.3 is 6.18 Å². The first-order chi connectivity index (χ1) is 11.9. The van der Waals surface area contributed by atoms with E-state index in [9.17, 15) is 22.7 Å². The van der Waals surface area contributed by atoms with E-state index in [1.807, 2.05) is 0 Å². The topological polar surface area (TPSA) is 72.3 Å². The molecule has 0 unspecified atom stereocenters. The highest BCUT2D eigenvalue weighted by molar-refractivity contribution is 5.66. The smallest absolute Gasteiger partial charge is 0.416 e. The number of alkyl halides is 3. The molecular weight excluding hydrogens is 354 g/mol. The molecule has 2 aliphatic heterocycles. The van der Waals surface area contributed by atoms with Crippen molar-refractivity contribution >= 4 is 11.4 Å². The Morgan fingerprint density at radius 1 is 0.962 bits per heavy atom. The van der Waals surface area contributed by atoms with Crippen molar-refractivity contribution in [2.75, 3.05) is 10.0 Å². The molecule has 9 heteroatoms. The van der Waals surface area contributed by atoms with Gasteiger partial charge < -0.3 is 10.6 Å². The summed E-state index contributed by atoms with van der Waals surface area (Å²) in [7, 11) is 0. The van der Waals surface area contributed by atoms with E-state index in [-0.39, 0.29) is 22.7 Å². The zero-order chi connectivity index (χ0) is 17.8. The molecule has 0 atom stereocenters. The third kappa shape index (κ3) is 2.74. The van der Waals surface area contributed by atoms with Gasteiger partial charge in [0.25, 0.3) is 0 Å². The van der Waals surface area contributed by atoms with Crippen molar-refractivity contribution in [1.82, 2.24) is 5.53 Å². The standard InChI is InChI=1S/C17H12F4N3O.H2O/c18-13-3-1-2-10-4-9-14-16(25)23(22-24(14)15(10)13)12-7-5-11(6-8-12)17(19,20)21;/h1-3,5-8,25H,4,9H2;1H2. The highest BCUT2D eigenvalue weighted by Crippen LogP contribution is 2.40. The van der Waals surface area contributed by atoms with E-state index < -0.39 is 17.6 Å². The zero-order valence-corrected chi connectivity index (χ0v) is 13.3. The summed E-state index contributed by atoms with van der Waals surface area (Å²) in [4.78, 5) is 0. The summed E-state index contributed by atoms with van der Waals surface area (Å²) in [6, 6.07) is 8.93. The van der Waals surface area contributed by atoms with Gasteiger partial charge in [-0.1, -0.05) is 12.1 Å². The Kier molecular flexibility index (Phi) is 4.29. The molecule has 0 saturated carbocycles. The van der Waals surface area contributed by atoms with Gasteiger partial charge in [-0.25, -0.2) is 14.4 Å². The van der Waals surface area contributed by atoms with Crippen LogP contribution in [0.2, 0.25) is 0 Å². The number of hydrogen-bond donors (Lipinski definition) is 1. The van der Waals surface area contributed by atoms with Crippen molar-refractivity contribution in [3.63, 3.8) is 0 Å². The molecular formula is C17H14F4N3O2. The second-order valence-electron chi connectivity index (χ2n) is 5.78. The van der Waals surface area contributed by atoms with Gasteiger partial charge in [-0.15, -0.1) is 0 Å². The molecule has 5 nitrogen and oxygen atoms in total. The summed E-state index contributed by atoms with van der Waals surface area (Å²) in [5.41, 5.74) is 5.06. The van der Waals surface area contributed by atoms with E-state index in [2.05, 4.69) is 5.53 Å². The first-order valence-electron chi connectivity index (χ1n) is 7.55. The van der Waals surface area contributed by atoms with Crippen LogP contribution in [0, 0.1) is 5.82 Å². The van der Waals surface area contributed by atoms with Crippen LogP contribution < -0.4 is 15.6 Å². The number of halogens is 4. The molecule has 0 amide bonds. The lowest BCUT2D eigenvalue weighted by Gasteiger charge is -2.27. The average molecular weight is 368 g/mol. The van der Waals surface area contributed by atoms with Crippen LogP contribution in [-0.2, 0) is 12.6 Å². The largest absolute Gasteiger partial charge is 0.492 e. The lowest BCUT2D eigenvalue weighted by Crippen LogP contribution is -2.37. The van der Waals surface area contributed by atoms with Gasteiger partial charge in [0, 0.05) is 0 Å². The molecule has 2 aromatic carbocycles. The number of aliphatic hydroxyl groups excluding tert-OH is 1. The number of allylic oxidation sites excluding steroid dienone is 1. The summed E-state index contributed by atoms with van der Waals surface area (Å²) < 4.78 is 52.2. The van der Waals surface area contributed by atoms with E-state index in [1.165, 1.54) is 23.2 Å². The minimum atomic E-state index is -4.44. The molecule has 2 heterocycles. The van der Waals surface area contributed by atoms with E-state index in [1.54, 1.807) is 12.1 Å². The molecule has 0 bridgehead atoms. The van der Waals surface area contributed by atoms with E-state index in [4.69, 9.17) is 0 Å². The highest BCUT2D eigenvalue weighted by Gasteiger charge is 2.38. The maximum Gasteiger partial charge on any atom is 0.416 e. The third-order valence-electron chi connectivity index (χ3n) is 4.25. The van der Waals surface area contributed by atoms with Crippen LogP contribution in [0.4, 0.5) is 28.9 Å². The Balaban J connectivity index is 0.00000196. The van der Waals surface area contributed by atoms with Crippen LogP contribution in [0.15, 0.2) is 54.0 Å². The summed E-state index contributed by atoms with van der Waals surface area (Å²) in [5.74, 6) is -0.686. The van der Waals surface area contributed by atoms with Crippen molar-refractivity contribution in [1.29, 1.82) is 0 Å². The summed E-state index contributed by atoms with van der Waals surface area (Å²) in [6.07, 6.45) is -3.46. The fourth-order valence-corrected chi connectivity index (χ4v) is 3.02. The third-order valence-corrected chi connectivity index (χ3v) is 4.25. The lowest BCUT2D eigenvalue weighted by molar-refractivity contribution is -0.137. The number of nitrogens with zero attached hydrogens (tertiary/aromatic N) is 3. The van der Waals surface area contributed by atoms with Crippen LogP contribution >= 0.6 is 0 Å². The fourth-order valence-electron chi connectivity index (χ4n) is 3.02. The van der Waals surface area contributed by atoms with Gasteiger partial charge in [0.1, 0.15) is 17.2 Å². The quantitative estimate of drug-likeness (QED) is 0.784. The molecule has 0 fully saturated rings. The predicted molar refractivity (Wildman–Crippen MR) is 86.5 cm³/mol. The number of anilines is 2. The van der Waals surface area contributed by atoms with Gasteiger partial charge in [0.05, 0.1) is 11.3 Å². The Labute approximate surface area is 146 Å². The second kappa shape index (κ2) is 6.19. The van der Waals surface area contributed by atoms with Crippen molar-refractivity contribution in [2.45, 2.75) is 19.0 Å². The molecule has 0 aromatic heterocycles. The highest BCUT2D eigenvalue weighted by atomic mass is 19.4. The van der Waals surface area contributed by atoms with Crippen molar-refractivity contribution in [3.05, 3.63) is 71.0 Å². The molecule has 0 aliphatic carbocycles. The molecule has 2 aliphatic rings. The van der Waals surface area contributed by atoms with Crippen LogP contribution in [-0.4, -0.2) is 10.6 Å². The monoisotopic (exact) mass is 368 g/mol. The first kappa shape index (κ1) is 18.0. The number of benzene rings is 2. The Bertz CT molecular complexity index is 865. The van der Waals surface area contributed by atoms with E-state index in [0.717, 1.165) is 22.7 Å². The predicted octanol–water partition coefficient (Wildman–Crippen LogP) is 3.45. The Morgan fingerprint density at radius 2 is 1.65 bits per heavy atom. The lowest BCUT2D eigenvalue weighted by atomic mass is 10.0. The van der Waals surface area contributed by atoms with Crippen LogP contribution in [0.5, 0.6) is 0 Å². The number of para-hydroxylation sites is 1. The fraction of sp³-hybridized carbons (Fsp3) is 0.176. The second-order valence-corrected chi connectivity index (χ2v) is 5.78. The molecule has 4 rings (SSSR count). The number of aliphatic hydroxyl groups is 1. The Morgan fingerprint density at radius 3 is 2.31 bits per heavy atom. The minimum Gasteiger partial charge on any atom is -0.492 e. The van der Waals surface area contributed by atoms with Gasteiger partial charge in [-0.05, 0) is 54.3 Å². The molecule has 0 saturated heterocycles. The molecule has 137 valence electrons. The normalized spacial score (nSPS) is 16.3. The Hall–Kier alpha value is -2.78. The van der Waals surface area contributed by atoms with Crippen LogP contribution in [0.1, 0.15) is 17.5 Å². The van der Waals surface area contributed by atoms with Crippen molar-refractivity contribution in [2.24, 2.45) is 0 Å². The van der Waals surface area contributed by atoms with E-state index in [0.29, 0.717) is 18.5 Å². The molecule has 26 heavy (non-hydrogen) atoms. The average Bonchev–Trinajstić information content (AvgIpc) is 2.91. The number of aryl methyl sites for hydroxylation is 1. The van der Waals surface area contributed by atoms with Crippen LogP contribution in [0.3, 0.4) is 0 Å². The number of fused-ring (bicyclic) bond motifs is 3.